The molecule has 0 unspecified atom stereocenters. The van der Waals surface area contributed by atoms with Gasteiger partial charge in [-0.05, 0) is 41.4 Å². The van der Waals surface area contributed by atoms with Crippen molar-refractivity contribution in [3.05, 3.63) is 59.7 Å². The zero-order valence-electron chi connectivity index (χ0n) is 10.8. The zero-order valence-corrected chi connectivity index (χ0v) is 11.6. The number of halogens is 3. The van der Waals surface area contributed by atoms with Crippen LogP contribution in [0.3, 0.4) is 0 Å². The molecular weight excluding hydrogens is 297 g/mol. The number of aromatic nitrogens is 1. The second-order valence-electron chi connectivity index (χ2n) is 4.58. The summed E-state index contributed by atoms with van der Waals surface area (Å²) in [6.07, 6.45) is -4.31. The van der Waals surface area contributed by atoms with E-state index in [1.807, 2.05) is 24.3 Å². The van der Waals surface area contributed by atoms with Crippen LogP contribution < -0.4 is 5.32 Å². The molecule has 0 aliphatic heterocycles. The molecule has 0 amide bonds. The number of anilines is 1. The molecule has 1 N–H and O–H groups in total. The molecule has 2 aromatic carbocycles. The molecule has 0 saturated carbocycles. The van der Waals surface area contributed by atoms with Crippen LogP contribution in [0.1, 0.15) is 11.1 Å². The summed E-state index contributed by atoms with van der Waals surface area (Å²) in [5.74, 6) is 0. The van der Waals surface area contributed by atoms with Crippen LogP contribution in [-0.2, 0) is 12.7 Å². The van der Waals surface area contributed by atoms with Gasteiger partial charge in [-0.1, -0.05) is 24.3 Å². The van der Waals surface area contributed by atoms with Gasteiger partial charge in [-0.15, -0.1) is 0 Å². The Hall–Kier alpha value is -2.08. The summed E-state index contributed by atoms with van der Waals surface area (Å²) >= 11 is 1.31. The van der Waals surface area contributed by atoms with E-state index in [0.717, 1.165) is 28.0 Å². The van der Waals surface area contributed by atoms with Crippen molar-refractivity contribution in [3.8, 4) is 0 Å². The fourth-order valence-electron chi connectivity index (χ4n) is 2.06. The van der Waals surface area contributed by atoms with Crippen LogP contribution in [0.5, 0.6) is 0 Å². The summed E-state index contributed by atoms with van der Waals surface area (Å²) < 4.78 is 42.3. The van der Waals surface area contributed by atoms with E-state index in [4.69, 9.17) is 0 Å². The van der Waals surface area contributed by atoms with E-state index in [-0.39, 0.29) is 0 Å². The Kier molecular flexibility index (Phi) is 3.55. The molecule has 0 bridgehead atoms. The molecule has 3 rings (SSSR count). The third-order valence-corrected chi connectivity index (χ3v) is 3.93. The van der Waals surface area contributed by atoms with E-state index >= 15 is 0 Å². The van der Waals surface area contributed by atoms with Crippen molar-refractivity contribution in [2.24, 2.45) is 0 Å². The van der Waals surface area contributed by atoms with E-state index in [1.165, 1.54) is 17.6 Å². The molecule has 108 valence electrons. The van der Waals surface area contributed by atoms with Crippen molar-refractivity contribution < 1.29 is 13.2 Å². The monoisotopic (exact) mass is 308 g/mol. The lowest BCUT2D eigenvalue weighted by Gasteiger charge is -2.09. The van der Waals surface area contributed by atoms with E-state index in [0.29, 0.717) is 12.1 Å². The van der Waals surface area contributed by atoms with Gasteiger partial charge in [-0.2, -0.15) is 17.5 Å². The first-order valence-corrected chi connectivity index (χ1v) is 7.06. The molecule has 0 fully saturated rings. The molecule has 1 heterocycles. The minimum absolute atomic E-state index is 0.329. The van der Waals surface area contributed by atoms with Crippen LogP contribution in [0.15, 0.2) is 48.5 Å². The number of alkyl halides is 3. The smallest absolute Gasteiger partial charge is 0.371 e. The molecule has 6 heteroatoms. The maximum atomic E-state index is 12.7. The minimum Gasteiger partial charge on any atom is -0.371 e. The number of nitrogens with zero attached hydrogens (tertiary/aromatic N) is 1. The molecule has 3 aromatic rings. The van der Waals surface area contributed by atoms with Crippen molar-refractivity contribution in [1.82, 2.24) is 4.37 Å². The normalized spacial score (nSPS) is 11.8. The molecule has 0 aliphatic rings. The molecule has 21 heavy (non-hydrogen) atoms. The van der Waals surface area contributed by atoms with Gasteiger partial charge in [0.1, 0.15) is 5.00 Å². The maximum absolute atomic E-state index is 12.7. The summed E-state index contributed by atoms with van der Waals surface area (Å²) in [7, 11) is 0. The number of hydrogen-bond acceptors (Lipinski definition) is 3. The first-order valence-electron chi connectivity index (χ1n) is 6.28. The highest BCUT2D eigenvalue weighted by Crippen LogP contribution is 2.30. The largest absolute Gasteiger partial charge is 0.416 e. The Morgan fingerprint density at radius 3 is 2.67 bits per heavy atom. The molecule has 0 aliphatic carbocycles. The van der Waals surface area contributed by atoms with Gasteiger partial charge in [0.15, 0.2) is 0 Å². The SMILES string of the molecule is FC(F)(F)c1cccc(CNc2snc3ccccc23)c1. The third kappa shape index (κ3) is 3.00. The standard InChI is InChI=1S/C15H11F3N2S/c16-15(17,18)11-5-3-4-10(8-11)9-19-14-12-6-1-2-7-13(12)20-21-14/h1-8,19H,9H2. The van der Waals surface area contributed by atoms with Crippen LogP contribution >= 0.6 is 11.5 Å². The van der Waals surface area contributed by atoms with Gasteiger partial charge in [-0.3, -0.25) is 0 Å². The van der Waals surface area contributed by atoms with E-state index in [9.17, 15) is 13.2 Å². The van der Waals surface area contributed by atoms with Crippen LogP contribution in [0.25, 0.3) is 10.9 Å². The Labute approximate surface area is 123 Å². The summed E-state index contributed by atoms with van der Waals surface area (Å²) in [5, 5.41) is 5.00. The van der Waals surface area contributed by atoms with Crippen molar-refractivity contribution in [2.45, 2.75) is 12.7 Å². The number of rotatable bonds is 3. The number of fused-ring (bicyclic) bond motifs is 1. The lowest BCUT2D eigenvalue weighted by Crippen LogP contribution is -2.06. The van der Waals surface area contributed by atoms with Crippen molar-refractivity contribution >= 4 is 27.4 Å². The highest BCUT2D eigenvalue weighted by atomic mass is 32.1. The van der Waals surface area contributed by atoms with Crippen LogP contribution in [0, 0.1) is 0 Å². The predicted molar refractivity (Wildman–Crippen MR) is 78.4 cm³/mol. The Bertz CT molecular complexity index is 765. The van der Waals surface area contributed by atoms with Crippen LogP contribution in [0.2, 0.25) is 0 Å². The summed E-state index contributed by atoms with van der Waals surface area (Å²) in [4.78, 5) is 0. The van der Waals surface area contributed by atoms with Crippen LogP contribution in [0.4, 0.5) is 18.2 Å². The van der Waals surface area contributed by atoms with Gasteiger partial charge in [-0.25, -0.2) is 0 Å². The van der Waals surface area contributed by atoms with Gasteiger partial charge < -0.3 is 5.32 Å². The summed E-state index contributed by atoms with van der Waals surface area (Å²) in [6.45, 7) is 0.329. The lowest BCUT2D eigenvalue weighted by atomic mass is 10.1. The fourth-order valence-corrected chi connectivity index (χ4v) is 2.81. The van der Waals surface area contributed by atoms with Gasteiger partial charge in [0, 0.05) is 11.9 Å². The first-order chi connectivity index (χ1) is 10.0. The molecule has 0 atom stereocenters. The number of nitrogens with one attached hydrogen (secondary N) is 1. The molecule has 0 saturated heterocycles. The Morgan fingerprint density at radius 2 is 1.86 bits per heavy atom. The molecule has 1 aromatic heterocycles. The Balaban J connectivity index is 1.79. The molecular formula is C15H11F3N2S. The van der Waals surface area contributed by atoms with Crippen molar-refractivity contribution in [1.29, 1.82) is 0 Å². The van der Waals surface area contributed by atoms with E-state index in [2.05, 4.69) is 9.69 Å². The fraction of sp³-hybridized carbons (Fsp3) is 0.133. The second kappa shape index (κ2) is 5.37. The number of hydrogen-bond donors (Lipinski definition) is 1. The summed E-state index contributed by atoms with van der Waals surface area (Å²) in [5.41, 5.74) is 0.840. The average molecular weight is 308 g/mol. The molecule has 2 nitrogen and oxygen atoms in total. The van der Waals surface area contributed by atoms with E-state index < -0.39 is 11.7 Å². The lowest BCUT2D eigenvalue weighted by molar-refractivity contribution is -0.137. The first kappa shape index (κ1) is 13.9. The van der Waals surface area contributed by atoms with Crippen LogP contribution in [-0.4, -0.2) is 4.37 Å². The summed E-state index contributed by atoms with van der Waals surface area (Å²) in [6, 6.07) is 13.0. The predicted octanol–water partition coefficient (Wildman–Crippen LogP) is 4.93. The van der Waals surface area contributed by atoms with Gasteiger partial charge in [0.2, 0.25) is 0 Å². The van der Waals surface area contributed by atoms with Gasteiger partial charge >= 0.3 is 6.18 Å². The molecule has 0 radical (unpaired) electrons. The van der Waals surface area contributed by atoms with Gasteiger partial charge in [0.05, 0.1) is 11.1 Å². The highest BCUT2D eigenvalue weighted by molar-refractivity contribution is 7.11. The second-order valence-corrected chi connectivity index (χ2v) is 5.35. The van der Waals surface area contributed by atoms with Crippen molar-refractivity contribution in [3.63, 3.8) is 0 Å². The minimum atomic E-state index is -4.31. The molecule has 0 spiro atoms. The zero-order chi connectivity index (χ0) is 14.9. The highest BCUT2D eigenvalue weighted by Gasteiger charge is 2.30. The van der Waals surface area contributed by atoms with Gasteiger partial charge in [0.25, 0.3) is 0 Å². The topological polar surface area (TPSA) is 24.9 Å². The van der Waals surface area contributed by atoms with Crippen molar-refractivity contribution in [2.75, 3.05) is 5.32 Å². The Morgan fingerprint density at radius 1 is 1.05 bits per heavy atom. The average Bonchev–Trinajstić information content (AvgIpc) is 2.88. The maximum Gasteiger partial charge on any atom is 0.416 e. The quantitative estimate of drug-likeness (QED) is 0.742. The van der Waals surface area contributed by atoms with E-state index in [1.54, 1.807) is 6.07 Å². The third-order valence-electron chi connectivity index (χ3n) is 3.09. The number of benzene rings is 2.